The zero-order chi connectivity index (χ0) is 15.9. The van der Waals surface area contributed by atoms with Crippen LogP contribution in [0, 0.1) is 15.5 Å². The average Bonchev–Trinajstić information content (AvgIpc) is 2.84. The van der Waals surface area contributed by atoms with Gasteiger partial charge in [0.05, 0.1) is 11.3 Å². The van der Waals surface area contributed by atoms with Gasteiger partial charge >= 0.3 is 0 Å². The fourth-order valence-corrected chi connectivity index (χ4v) is 2.65. The molecule has 1 aromatic carbocycles. The van der Waals surface area contributed by atoms with Gasteiger partial charge in [0, 0.05) is 25.2 Å². The molecule has 2 aromatic rings. The van der Waals surface area contributed by atoms with E-state index in [-0.39, 0.29) is 5.91 Å². The first-order chi connectivity index (χ1) is 10.6. The standard InChI is InChI=1S/C17H18IN3O/c1-3-4-5-6-9-13-10-7-8-11-15(13)19-17(22)14-12-21(2)20-16(14)18/h7-8,10-12H,3-5H2,1-2H3,(H,19,22). The molecular weight excluding hydrogens is 389 g/mol. The summed E-state index contributed by atoms with van der Waals surface area (Å²) in [4.78, 5) is 12.4. The van der Waals surface area contributed by atoms with Crippen molar-refractivity contribution in [3.05, 3.63) is 45.3 Å². The number of anilines is 1. The van der Waals surface area contributed by atoms with E-state index in [1.807, 2.05) is 24.3 Å². The lowest BCUT2D eigenvalue weighted by Gasteiger charge is -2.06. The minimum Gasteiger partial charge on any atom is -0.321 e. The summed E-state index contributed by atoms with van der Waals surface area (Å²) in [6.07, 6.45) is 4.81. The first kappa shape index (κ1) is 16.6. The van der Waals surface area contributed by atoms with Gasteiger partial charge in [0.1, 0.15) is 3.70 Å². The van der Waals surface area contributed by atoms with E-state index >= 15 is 0 Å². The van der Waals surface area contributed by atoms with Gasteiger partial charge in [0.15, 0.2) is 0 Å². The number of aromatic nitrogens is 2. The average molecular weight is 407 g/mol. The number of nitrogens with zero attached hydrogens (tertiary/aromatic N) is 2. The van der Waals surface area contributed by atoms with Gasteiger partial charge in [-0.25, -0.2) is 0 Å². The Morgan fingerprint density at radius 2 is 2.18 bits per heavy atom. The van der Waals surface area contributed by atoms with Crippen molar-refractivity contribution in [1.29, 1.82) is 0 Å². The summed E-state index contributed by atoms with van der Waals surface area (Å²) in [7, 11) is 1.80. The van der Waals surface area contributed by atoms with Crippen molar-refractivity contribution in [3.8, 4) is 11.8 Å². The number of amides is 1. The van der Waals surface area contributed by atoms with Crippen molar-refractivity contribution in [3.63, 3.8) is 0 Å². The van der Waals surface area contributed by atoms with E-state index in [1.165, 1.54) is 0 Å². The largest absolute Gasteiger partial charge is 0.321 e. The predicted molar refractivity (Wildman–Crippen MR) is 96.7 cm³/mol. The number of unbranched alkanes of at least 4 members (excludes halogenated alkanes) is 2. The van der Waals surface area contributed by atoms with Crippen LogP contribution in [0.25, 0.3) is 0 Å². The summed E-state index contributed by atoms with van der Waals surface area (Å²) in [5.74, 6) is 6.12. The maximum Gasteiger partial charge on any atom is 0.260 e. The lowest BCUT2D eigenvalue weighted by Crippen LogP contribution is -2.13. The topological polar surface area (TPSA) is 46.9 Å². The van der Waals surface area contributed by atoms with Gasteiger partial charge < -0.3 is 5.32 Å². The molecule has 0 saturated carbocycles. The monoisotopic (exact) mass is 407 g/mol. The van der Waals surface area contributed by atoms with Crippen LogP contribution in [-0.4, -0.2) is 15.7 Å². The van der Waals surface area contributed by atoms with Crippen LogP contribution in [0.4, 0.5) is 5.69 Å². The molecule has 114 valence electrons. The molecule has 0 bridgehead atoms. The van der Waals surface area contributed by atoms with Crippen LogP contribution in [0.2, 0.25) is 0 Å². The number of halogens is 1. The Bertz CT molecular complexity index is 725. The lowest BCUT2D eigenvalue weighted by molar-refractivity contribution is 0.102. The molecule has 0 aliphatic rings. The number of benzene rings is 1. The summed E-state index contributed by atoms with van der Waals surface area (Å²) in [5, 5.41) is 7.10. The number of rotatable bonds is 4. The molecule has 0 aliphatic heterocycles. The number of hydrogen-bond donors (Lipinski definition) is 1. The van der Waals surface area contributed by atoms with Gasteiger partial charge in [-0.15, -0.1) is 0 Å². The fourth-order valence-electron chi connectivity index (χ4n) is 1.93. The molecule has 1 heterocycles. The van der Waals surface area contributed by atoms with E-state index in [1.54, 1.807) is 17.9 Å². The van der Waals surface area contributed by atoms with Gasteiger partial charge in [0.25, 0.3) is 5.91 Å². The fraction of sp³-hybridized carbons (Fsp3) is 0.294. The molecule has 1 N–H and O–H groups in total. The molecule has 2 rings (SSSR count). The molecule has 0 fully saturated rings. The van der Waals surface area contributed by atoms with Crippen molar-refractivity contribution in [2.24, 2.45) is 7.05 Å². The third-order valence-electron chi connectivity index (χ3n) is 3.08. The van der Waals surface area contributed by atoms with E-state index in [0.29, 0.717) is 9.26 Å². The molecule has 0 saturated heterocycles. The maximum atomic E-state index is 12.4. The van der Waals surface area contributed by atoms with E-state index in [4.69, 9.17) is 0 Å². The Kier molecular flexibility index (Phi) is 6.01. The Morgan fingerprint density at radius 3 is 2.86 bits per heavy atom. The van der Waals surface area contributed by atoms with Crippen molar-refractivity contribution in [1.82, 2.24) is 9.78 Å². The highest BCUT2D eigenvalue weighted by Gasteiger charge is 2.14. The van der Waals surface area contributed by atoms with E-state index in [9.17, 15) is 4.79 Å². The number of hydrogen-bond acceptors (Lipinski definition) is 2. The van der Waals surface area contributed by atoms with E-state index in [2.05, 4.69) is 51.8 Å². The normalized spacial score (nSPS) is 9.95. The second-order valence-electron chi connectivity index (χ2n) is 4.91. The highest BCUT2D eigenvalue weighted by Crippen LogP contribution is 2.17. The molecule has 0 aliphatic carbocycles. The molecule has 22 heavy (non-hydrogen) atoms. The second kappa shape index (κ2) is 7.99. The molecule has 1 amide bonds. The maximum absolute atomic E-state index is 12.4. The first-order valence-electron chi connectivity index (χ1n) is 7.20. The summed E-state index contributed by atoms with van der Waals surface area (Å²) in [6, 6.07) is 7.60. The van der Waals surface area contributed by atoms with Crippen LogP contribution in [0.1, 0.15) is 42.1 Å². The predicted octanol–water partition coefficient (Wildman–Crippen LogP) is 3.82. The highest BCUT2D eigenvalue weighted by atomic mass is 127. The Balaban J connectivity index is 2.17. The summed E-state index contributed by atoms with van der Waals surface area (Å²) in [5.41, 5.74) is 2.14. The van der Waals surface area contributed by atoms with E-state index < -0.39 is 0 Å². The van der Waals surface area contributed by atoms with Crippen LogP contribution in [0.5, 0.6) is 0 Å². The number of nitrogens with one attached hydrogen (secondary N) is 1. The van der Waals surface area contributed by atoms with Crippen molar-refractivity contribution >= 4 is 34.2 Å². The Morgan fingerprint density at radius 1 is 1.41 bits per heavy atom. The number of para-hydroxylation sites is 1. The summed E-state index contributed by atoms with van der Waals surface area (Å²) >= 11 is 2.06. The van der Waals surface area contributed by atoms with Crippen LogP contribution < -0.4 is 5.32 Å². The number of carbonyl (C=O) groups is 1. The second-order valence-corrected chi connectivity index (χ2v) is 5.93. The minimum absolute atomic E-state index is 0.166. The molecular formula is C17H18IN3O. The van der Waals surface area contributed by atoms with Gasteiger partial charge in [0.2, 0.25) is 0 Å². The van der Waals surface area contributed by atoms with Crippen LogP contribution in [0.15, 0.2) is 30.5 Å². The zero-order valence-corrected chi connectivity index (χ0v) is 14.8. The van der Waals surface area contributed by atoms with Gasteiger partial charge in [-0.1, -0.05) is 37.3 Å². The third kappa shape index (κ3) is 4.34. The highest BCUT2D eigenvalue weighted by molar-refractivity contribution is 14.1. The van der Waals surface area contributed by atoms with Crippen molar-refractivity contribution in [2.75, 3.05) is 5.32 Å². The van der Waals surface area contributed by atoms with Gasteiger partial charge in [-0.3, -0.25) is 9.48 Å². The summed E-state index contributed by atoms with van der Waals surface area (Å²) in [6.45, 7) is 2.14. The quantitative estimate of drug-likeness (QED) is 0.476. The third-order valence-corrected chi connectivity index (χ3v) is 3.88. The molecule has 0 radical (unpaired) electrons. The summed E-state index contributed by atoms with van der Waals surface area (Å²) < 4.78 is 2.32. The Labute approximate surface area is 144 Å². The van der Waals surface area contributed by atoms with Gasteiger partial charge in [-0.2, -0.15) is 5.10 Å². The number of aryl methyl sites for hydroxylation is 1. The molecule has 0 spiro atoms. The molecule has 0 unspecified atom stereocenters. The first-order valence-corrected chi connectivity index (χ1v) is 8.28. The van der Waals surface area contributed by atoms with Crippen LogP contribution in [-0.2, 0) is 7.05 Å². The smallest absolute Gasteiger partial charge is 0.260 e. The Hall–Kier alpha value is -1.81. The lowest BCUT2D eigenvalue weighted by atomic mass is 10.1. The van der Waals surface area contributed by atoms with Crippen molar-refractivity contribution in [2.45, 2.75) is 26.2 Å². The number of carbonyl (C=O) groups excluding carboxylic acids is 1. The SMILES string of the molecule is CCCCC#Cc1ccccc1NC(=O)c1cn(C)nc1I. The van der Waals surface area contributed by atoms with E-state index in [0.717, 1.165) is 30.5 Å². The van der Waals surface area contributed by atoms with Crippen LogP contribution >= 0.6 is 22.6 Å². The molecule has 0 atom stereocenters. The molecule has 5 heteroatoms. The minimum atomic E-state index is -0.166. The zero-order valence-electron chi connectivity index (χ0n) is 12.7. The van der Waals surface area contributed by atoms with Crippen molar-refractivity contribution < 1.29 is 4.79 Å². The van der Waals surface area contributed by atoms with Crippen LogP contribution in [0.3, 0.4) is 0 Å². The van der Waals surface area contributed by atoms with Gasteiger partial charge in [-0.05, 0) is 41.1 Å². The molecule has 4 nitrogen and oxygen atoms in total. The molecule has 1 aromatic heterocycles.